The summed E-state index contributed by atoms with van der Waals surface area (Å²) in [4.78, 5) is 11.0. The standard InChI is InChI=1S/C16H13Cl3O2/c1-2-16(19,15(20)21-10-14(17)18)13-9-5-7-11-6-3-4-8-12(11)13/h3-10H,2H2,1H3/t16-/m1/s1. The molecule has 0 heterocycles. The summed E-state index contributed by atoms with van der Waals surface area (Å²) in [7, 11) is 0. The highest BCUT2D eigenvalue weighted by atomic mass is 35.5. The number of benzene rings is 2. The van der Waals surface area contributed by atoms with Crippen molar-refractivity contribution in [1.82, 2.24) is 0 Å². The van der Waals surface area contributed by atoms with E-state index in [2.05, 4.69) is 0 Å². The monoisotopic (exact) mass is 342 g/mol. The second-order valence-electron chi connectivity index (χ2n) is 4.49. The summed E-state index contributed by atoms with van der Waals surface area (Å²) in [6.45, 7) is 1.82. The first kappa shape index (κ1) is 16.2. The highest BCUT2D eigenvalue weighted by Crippen LogP contribution is 2.38. The molecule has 5 heteroatoms. The van der Waals surface area contributed by atoms with Gasteiger partial charge in [-0.05, 0) is 22.8 Å². The largest absolute Gasteiger partial charge is 0.430 e. The van der Waals surface area contributed by atoms with Crippen molar-refractivity contribution in [2.75, 3.05) is 0 Å². The minimum absolute atomic E-state index is 0.142. The van der Waals surface area contributed by atoms with Crippen molar-refractivity contribution in [2.45, 2.75) is 18.2 Å². The molecule has 0 bridgehead atoms. The Hall–Kier alpha value is -1.22. The van der Waals surface area contributed by atoms with Crippen LogP contribution in [-0.4, -0.2) is 5.97 Å². The van der Waals surface area contributed by atoms with E-state index in [1.807, 2.05) is 49.4 Å². The number of alkyl halides is 1. The van der Waals surface area contributed by atoms with Crippen molar-refractivity contribution < 1.29 is 9.53 Å². The van der Waals surface area contributed by atoms with E-state index in [9.17, 15) is 4.79 Å². The van der Waals surface area contributed by atoms with Gasteiger partial charge in [0.05, 0.1) is 0 Å². The van der Waals surface area contributed by atoms with Crippen LogP contribution in [0.5, 0.6) is 0 Å². The summed E-state index contributed by atoms with van der Waals surface area (Å²) in [6.07, 6.45) is 1.35. The number of carbonyl (C=O) groups excluding carboxylic acids is 1. The number of carbonyl (C=O) groups is 1. The van der Waals surface area contributed by atoms with Gasteiger partial charge in [-0.1, -0.05) is 72.6 Å². The Morgan fingerprint density at radius 3 is 2.52 bits per heavy atom. The van der Waals surface area contributed by atoms with Gasteiger partial charge in [-0.2, -0.15) is 0 Å². The zero-order valence-corrected chi connectivity index (χ0v) is 13.5. The van der Waals surface area contributed by atoms with Gasteiger partial charge in [0.25, 0.3) is 0 Å². The molecule has 0 radical (unpaired) electrons. The maximum atomic E-state index is 12.3. The average molecular weight is 344 g/mol. The predicted octanol–water partition coefficient (Wildman–Crippen LogP) is 5.50. The highest BCUT2D eigenvalue weighted by molar-refractivity contribution is 6.55. The first-order valence-corrected chi connectivity index (χ1v) is 7.52. The van der Waals surface area contributed by atoms with Crippen molar-refractivity contribution in [3.05, 3.63) is 58.8 Å². The Morgan fingerprint density at radius 1 is 1.19 bits per heavy atom. The van der Waals surface area contributed by atoms with Crippen LogP contribution in [0.3, 0.4) is 0 Å². The Morgan fingerprint density at radius 2 is 1.86 bits per heavy atom. The third kappa shape index (κ3) is 3.34. The maximum Gasteiger partial charge on any atom is 0.336 e. The van der Waals surface area contributed by atoms with Gasteiger partial charge in [0.1, 0.15) is 10.8 Å². The molecule has 0 aliphatic carbocycles. The number of halogens is 3. The molecule has 0 amide bonds. The Kier molecular flexibility index (Phi) is 5.15. The lowest BCUT2D eigenvalue weighted by atomic mass is 9.91. The molecule has 0 N–H and O–H groups in total. The fraction of sp³-hybridized carbons (Fsp3) is 0.188. The van der Waals surface area contributed by atoms with Crippen molar-refractivity contribution in [3.63, 3.8) is 0 Å². The van der Waals surface area contributed by atoms with Gasteiger partial charge in [-0.15, -0.1) is 11.6 Å². The van der Waals surface area contributed by atoms with Crippen LogP contribution < -0.4 is 0 Å². The number of rotatable bonds is 4. The molecule has 2 aromatic rings. The fourth-order valence-electron chi connectivity index (χ4n) is 2.21. The summed E-state index contributed by atoms with van der Waals surface area (Å²) >= 11 is 17.5. The van der Waals surface area contributed by atoms with Crippen LogP contribution in [0.1, 0.15) is 18.9 Å². The van der Waals surface area contributed by atoms with Gasteiger partial charge in [-0.25, -0.2) is 4.79 Å². The van der Waals surface area contributed by atoms with Crippen LogP contribution >= 0.6 is 34.8 Å². The molecular formula is C16H13Cl3O2. The second kappa shape index (κ2) is 6.69. The van der Waals surface area contributed by atoms with Crippen LogP contribution in [0.4, 0.5) is 0 Å². The topological polar surface area (TPSA) is 26.3 Å². The molecule has 2 aromatic carbocycles. The van der Waals surface area contributed by atoms with E-state index in [1.165, 1.54) is 0 Å². The molecule has 0 spiro atoms. The molecular weight excluding hydrogens is 331 g/mol. The molecule has 0 unspecified atom stereocenters. The highest BCUT2D eigenvalue weighted by Gasteiger charge is 2.39. The van der Waals surface area contributed by atoms with Gasteiger partial charge in [-0.3, -0.25) is 0 Å². The molecule has 0 aliphatic rings. The first-order valence-electron chi connectivity index (χ1n) is 6.38. The van der Waals surface area contributed by atoms with Crippen molar-refractivity contribution in [2.24, 2.45) is 0 Å². The zero-order chi connectivity index (χ0) is 15.5. The van der Waals surface area contributed by atoms with E-state index in [-0.39, 0.29) is 4.49 Å². The van der Waals surface area contributed by atoms with Crippen LogP contribution in [0.25, 0.3) is 10.8 Å². The fourth-order valence-corrected chi connectivity index (χ4v) is 2.51. The minimum atomic E-state index is -1.29. The van der Waals surface area contributed by atoms with E-state index in [4.69, 9.17) is 39.5 Å². The molecule has 0 aromatic heterocycles. The van der Waals surface area contributed by atoms with Crippen molar-refractivity contribution in [3.8, 4) is 0 Å². The summed E-state index contributed by atoms with van der Waals surface area (Å²) in [5, 5.41) is 1.92. The van der Waals surface area contributed by atoms with Gasteiger partial charge < -0.3 is 4.74 Å². The second-order valence-corrected chi connectivity index (χ2v) is 6.15. The Bertz CT molecular complexity index is 687. The molecule has 2 rings (SSSR count). The third-order valence-electron chi connectivity index (χ3n) is 3.28. The van der Waals surface area contributed by atoms with Gasteiger partial charge >= 0.3 is 5.97 Å². The summed E-state index contributed by atoms with van der Waals surface area (Å²) in [6, 6.07) is 13.4. The third-order valence-corrected chi connectivity index (χ3v) is 4.09. The molecule has 2 nitrogen and oxygen atoms in total. The van der Waals surface area contributed by atoms with Crippen LogP contribution in [0.15, 0.2) is 53.2 Å². The van der Waals surface area contributed by atoms with Gasteiger partial charge in [0, 0.05) is 0 Å². The van der Waals surface area contributed by atoms with Crippen LogP contribution in [0.2, 0.25) is 0 Å². The Balaban J connectivity index is 2.52. The van der Waals surface area contributed by atoms with Gasteiger partial charge in [0.15, 0.2) is 4.87 Å². The van der Waals surface area contributed by atoms with E-state index >= 15 is 0 Å². The number of ether oxygens (including phenoxy) is 1. The quantitative estimate of drug-likeness (QED) is 0.416. The molecule has 0 fully saturated rings. The number of hydrogen-bond donors (Lipinski definition) is 0. The maximum absolute atomic E-state index is 12.3. The number of fused-ring (bicyclic) bond motifs is 1. The number of esters is 1. The van der Waals surface area contributed by atoms with Gasteiger partial charge in [0.2, 0.25) is 0 Å². The predicted molar refractivity (Wildman–Crippen MR) is 87.7 cm³/mol. The lowest BCUT2D eigenvalue weighted by Crippen LogP contribution is -2.30. The smallest absolute Gasteiger partial charge is 0.336 e. The lowest BCUT2D eigenvalue weighted by molar-refractivity contribution is -0.141. The summed E-state index contributed by atoms with van der Waals surface area (Å²) in [5.74, 6) is -0.609. The first-order chi connectivity index (χ1) is 9.99. The number of hydrogen-bond acceptors (Lipinski definition) is 2. The Labute approximate surface area is 138 Å². The molecule has 21 heavy (non-hydrogen) atoms. The molecule has 0 aliphatic heterocycles. The van der Waals surface area contributed by atoms with E-state index in [0.717, 1.165) is 17.0 Å². The normalized spacial score (nSPS) is 13.5. The van der Waals surface area contributed by atoms with Crippen LogP contribution in [-0.2, 0) is 14.4 Å². The summed E-state index contributed by atoms with van der Waals surface area (Å²) < 4.78 is 4.82. The minimum Gasteiger partial charge on any atom is -0.430 e. The lowest BCUT2D eigenvalue weighted by Gasteiger charge is -2.24. The average Bonchev–Trinajstić information content (AvgIpc) is 2.51. The van der Waals surface area contributed by atoms with E-state index in [1.54, 1.807) is 0 Å². The molecule has 0 saturated heterocycles. The van der Waals surface area contributed by atoms with E-state index in [0.29, 0.717) is 12.0 Å². The molecule has 0 saturated carbocycles. The van der Waals surface area contributed by atoms with Crippen molar-refractivity contribution >= 4 is 51.5 Å². The molecule has 110 valence electrons. The zero-order valence-electron chi connectivity index (χ0n) is 11.3. The van der Waals surface area contributed by atoms with E-state index < -0.39 is 10.8 Å². The molecule has 1 atom stereocenters. The SMILES string of the molecule is CC[C@](Cl)(C(=O)OC=C(Cl)Cl)c1cccc2ccccc12. The van der Waals surface area contributed by atoms with Crippen LogP contribution in [0, 0.1) is 0 Å². The van der Waals surface area contributed by atoms with Crippen molar-refractivity contribution in [1.29, 1.82) is 0 Å². The summed E-state index contributed by atoms with van der Waals surface area (Å²) in [5.41, 5.74) is 0.703.